The van der Waals surface area contributed by atoms with Gasteiger partial charge in [0, 0.05) is 19.5 Å². The maximum absolute atomic E-state index is 12.9. The van der Waals surface area contributed by atoms with Gasteiger partial charge in [0.1, 0.15) is 5.82 Å². The van der Waals surface area contributed by atoms with Gasteiger partial charge >= 0.3 is 0 Å². The number of aromatic nitrogens is 5. The van der Waals surface area contributed by atoms with Crippen LogP contribution in [0, 0.1) is 0 Å². The zero-order valence-corrected chi connectivity index (χ0v) is 22.5. The SMILES string of the molecule is CC(O)C(CCCc1ccccc1)n1nnc2c(=O)[nH]c(Cc3ccc(S(=O)(=O)N4CCOCC4)cc3)nc21. The summed E-state index contributed by atoms with van der Waals surface area (Å²) >= 11 is 0. The van der Waals surface area contributed by atoms with E-state index in [1.807, 2.05) is 18.2 Å². The maximum Gasteiger partial charge on any atom is 0.281 e. The van der Waals surface area contributed by atoms with E-state index in [0.29, 0.717) is 44.2 Å². The first-order valence-corrected chi connectivity index (χ1v) is 14.5. The third-order valence-electron chi connectivity index (χ3n) is 6.97. The molecule has 0 amide bonds. The third-order valence-corrected chi connectivity index (χ3v) is 8.88. The maximum atomic E-state index is 12.9. The van der Waals surface area contributed by atoms with Crippen LogP contribution in [-0.4, -0.2) is 75.2 Å². The molecule has 2 unspecified atom stereocenters. The van der Waals surface area contributed by atoms with Crippen molar-refractivity contribution in [3.05, 3.63) is 81.9 Å². The molecule has 0 bridgehead atoms. The number of nitrogens with zero attached hydrogens (tertiary/aromatic N) is 5. The van der Waals surface area contributed by atoms with E-state index >= 15 is 0 Å². The van der Waals surface area contributed by atoms with Gasteiger partial charge in [-0.05, 0) is 49.4 Å². The molecular formula is C27H32N6O5S. The summed E-state index contributed by atoms with van der Waals surface area (Å²) in [7, 11) is -3.59. The zero-order chi connectivity index (χ0) is 27.4. The Hall–Kier alpha value is -3.45. The number of aliphatic hydroxyl groups excluding tert-OH is 1. The van der Waals surface area contributed by atoms with E-state index in [0.717, 1.165) is 18.4 Å². The van der Waals surface area contributed by atoms with Gasteiger partial charge in [0.25, 0.3) is 5.56 Å². The normalized spacial score (nSPS) is 16.4. The number of morpholine rings is 1. The van der Waals surface area contributed by atoms with Crippen molar-refractivity contribution >= 4 is 21.2 Å². The highest BCUT2D eigenvalue weighted by Crippen LogP contribution is 2.23. The summed E-state index contributed by atoms with van der Waals surface area (Å²) in [6, 6.07) is 16.3. The Morgan fingerprint density at radius 1 is 1.05 bits per heavy atom. The summed E-state index contributed by atoms with van der Waals surface area (Å²) in [5.41, 5.74) is 2.00. The number of sulfonamides is 1. The lowest BCUT2D eigenvalue weighted by Crippen LogP contribution is -2.40. The van der Waals surface area contributed by atoms with E-state index in [-0.39, 0.29) is 16.8 Å². The lowest BCUT2D eigenvalue weighted by atomic mass is 10.0. The van der Waals surface area contributed by atoms with Crippen LogP contribution in [0.25, 0.3) is 11.2 Å². The molecule has 2 aromatic heterocycles. The summed E-state index contributed by atoms with van der Waals surface area (Å²) in [6.07, 6.45) is 1.86. The number of H-pyrrole nitrogens is 1. The molecule has 2 atom stereocenters. The molecule has 11 nitrogen and oxygen atoms in total. The topological polar surface area (TPSA) is 143 Å². The summed E-state index contributed by atoms with van der Waals surface area (Å²) in [5, 5.41) is 18.8. The first-order valence-electron chi connectivity index (χ1n) is 13.1. The van der Waals surface area contributed by atoms with Crippen molar-refractivity contribution in [3.8, 4) is 0 Å². The van der Waals surface area contributed by atoms with E-state index in [4.69, 9.17) is 4.74 Å². The zero-order valence-electron chi connectivity index (χ0n) is 21.7. The number of ether oxygens (including phenoxy) is 1. The number of aryl methyl sites for hydroxylation is 1. The quantitative estimate of drug-likeness (QED) is 0.304. The van der Waals surface area contributed by atoms with Gasteiger partial charge < -0.3 is 14.8 Å². The van der Waals surface area contributed by atoms with E-state index in [2.05, 4.69) is 32.4 Å². The molecule has 5 rings (SSSR count). The van der Waals surface area contributed by atoms with Gasteiger partial charge in [-0.25, -0.2) is 18.1 Å². The second-order valence-electron chi connectivity index (χ2n) is 9.74. The van der Waals surface area contributed by atoms with Crippen molar-refractivity contribution in [1.29, 1.82) is 0 Å². The average molecular weight is 553 g/mol. The number of benzene rings is 2. The fourth-order valence-electron chi connectivity index (χ4n) is 4.83. The molecule has 1 fully saturated rings. The largest absolute Gasteiger partial charge is 0.391 e. The van der Waals surface area contributed by atoms with Crippen molar-refractivity contribution in [3.63, 3.8) is 0 Å². The van der Waals surface area contributed by atoms with Crippen LogP contribution < -0.4 is 5.56 Å². The number of nitrogens with one attached hydrogen (secondary N) is 1. The highest BCUT2D eigenvalue weighted by Gasteiger charge is 2.26. The molecule has 3 heterocycles. The van der Waals surface area contributed by atoms with Gasteiger partial charge in [-0.3, -0.25) is 4.79 Å². The standard InChI is InChI=1S/C27H32N6O5S/c1-19(34)23(9-5-8-20-6-3-2-4-7-20)33-26-25(30-31-33)27(35)29-24(28-26)18-21-10-12-22(13-11-21)39(36,37)32-14-16-38-17-15-32/h2-4,6-7,10-13,19,23,34H,5,8-9,14-18H2,1H3,(H,28,29,35). The Kier molecular flexibility index (Phi) is 8.17. The van der Waals surface area contributed by atoms with Crippen LogP contribution in [0.5, 0.6) is 0 Å². The minimum atomic E-state index is -3.59. The number of rotatable bonds is 10. The summed E-state index contributed by atoms with van der Waals surface area (Å²) < 4.78 is 34.0. The van der Waals surface area contributed by atoms with Gasteiger partial charge in [0.05, 0.1) is 30.3 Å². The Morgan fingerprint density at radius 2 is 1.77 bits per heavy atom. The highest BCUT2D eigenvalue weighted by atomic mass is 32.2. The molecule has 0 radical (unpaired) electrons. The van der Waals surface area contributed by atoms with Crippen molar-refractivity contribution in [1.82, 2.24) is 29.3 Å². The Balaban J connectivity index is 1.34. The molecule has 4 aromatic rings. The van der Waals surface area contributed by atoms with Crippen molar-refractivity contribution < 1.29 is 18.3 Å². The third kappa shape index (κ3) is 6.09. The minimum absolute atomic E-state index is 0.111. The van der Waals surface area contributed by atoms with Crippen LogP contribution in [0.2, 0.25) is 0 Å². The van der Waals surface area contributed by atoms with Gasteiger partial charge in [0.15, 0.2) is 11.2 Å². The van der Waals surface area contributed by atoms with E-state index in [1.54, 1.807) is 35.9 Å². The molecule has 12 heteroatoms. The molecule has 1 aliphatic heterocycles. The summed E-state index contributed by atoms with van der Waals surface area (Å²) in [6.45, 7) is 3.12. The Bertz CT molecular complexity index is 1560. The second-order valence-corrected chi connectivity index (χ2v) is 11.7. The minimum Gasteiger partial charge on any atom is -0.391 e. The number of fused-ring (bicyclic) bond motifs is 1. The fraction of sp³-hybridized carbons (Fsp3) is 0.407. The van der Waals surface area contributed by atoms with Gasteiger partial charge in [0.2, 0.25) is 10.0 Å². The highest BCUT2D eigenvalue weighted by molar-refractivity contribution is 7.89. The number of hydrogen-bond acceptors (Lipinski definition) is 8. The lowest BCUT2D eigenvalue weighted by Gasteiger charge is -2.26. The lowest BCUT2D eigenvalue weighted by molar-refractivity contribution is 0.0730. The summed E-state index contributed by atoms with van der Waals surface area (Å²) in [4.78, 5) is 20.4. The van der Waals surface area contributed by atoms with Crippen molar-refractivity contribution in [2.24, 2.45) is 0 Å². The van der Waals surface area contributed by atoms with Crippen LogP contribution in [0.4, 0.5) is 0 Å². The van der Waals surface area contributed by atoms with Gasteiger partial charge in [-0.2, -0.15) is 4.31 Å². The Morgan fingerprint density at radius 3 is 2.46 bits per heavy atom. The number of aromatic amines is 1. The molecule has 2 aromatic carbocycles. The predicted molar refractivity (Wildman–Crippen MR) is 145 cm³/mol. The number of hydrogen-bond donors (Lipinski definition) is 2. The van der Waals surface area contributed by atoms with Crippen LogP contribution in [0.3, 0.4) is 0 Å². The van der Waals surface area contributed by atoms with E-state index in [9.17, 15) is 18.3 Å². The fourth-order valence-corrected chi connectivity index (χ4v) is 6.24. The smallest absolute Gasteiger partial charge is 0.281 e. The van der Waals surface area contributed by atoms with Crippen molar-refractivity contribution in [2.75, 3.05) is 26.3 Å². The molecule has 2 N–H and O–H groups in total. The molecule has 0 saturated carbocycles. The molecule has 0 aliphatic carbocycles. The Labute approximate surface area is 226 Å². The van der Waals surface area contributed by atoms with E-state index in [1.165, 1.54) is 9.87 Å². The molecule has 1 aliphatic rings. The monoisotopic (exact) mass is 552 g/mol. The summed E-state index contributed by atoms with van der Waals surface area (Å²) in [5.74, 6) is 0.397. The molecular weight excluding hydrogens is 520 g/mol. The predicted octanol–water partition coefficient (Wildman–Crippen LogP) is 2.07. The van der Waals surface area contributed by atoms with Gasteiger partial charge in [-0.15, -0.1) is 5.10 Å². The first kappa shape index (κ1) is 27.1. The number of aliphatic hydroxyl groups is 1. The average Bonchev–Trinajstić information content (AvgIpc) is 3.36. The molecule has 1 saturated heterocycles. The van der Waals surface area contributed by atoms with Crippen LogP contribution in [-0.2, 0) is 27.6 Å². The van der Waals surface area contributed by atoms with Gasteiger partial charge in [-0.1, -0.05) is 47.7 Å². The first-order chi connectivity index (χ1) is 18.8. The van der Waals surface area contributed by atoms with Crippen molar-refractivity contribution in [2.45, 2.75) is 49.6 Å². The molecule has 206 valence electrons. The van der Waals surface area contributed by atoms with Crippen LogP contribution >= 0.6 is 0 Å². The van der Waals surface area contributed by atoms with Crippen LogP contribution in [0.1, 0.15) is 42.8 Å². The van der Waals surface area contributed by atoms with Crippen LogP contribution in [0.15, 0.2) is 64.3 Å². The van der Waals surface area contributed by atoms with E-state index < -0.39 is 27.7 Å². The second kappa shape index (κ2) is 11.7. The molecule has 0 spiro atoms. The molecule has 39 heavy (non-hydrogen) atoms.